The Morgan fingerprint density at radius 3 is 2.73 bits per heavy atom. The van der Waals surface area contributed by atoms with Crippen LogP contribution in [-0.2, 0) is 4.74 Å². The highest BCUT2D eigenvalue weighted by atomic mass is 19.1. The van der Waals surface area contributed by atoms with Crippen LogP contribution in [0.25, 0.3) is 0 Å². The van der Waals surface area contributed by atoms with Crippen LogP contribution in [0.4, 0.5) is 4.39 Å². The fourth-order valence-corrected chi connectivity index (χ4v) is 1.97. The fourth-order valence-electron chi connectivity index (χ4n) is 1.97. The van der Waals surface area contributed by atoms with E-state index in [1.807, 2.05) is 0 Å². The number of ether oxygens (including phenoxy) is 1. The molecule has 2 atom stereocenters. The molecule has 0 aromatic heterocycles. The summed E-state index contributed by atoms with van der Waals surface area (Å²) in [5.74, 6) is 0.347. The number of hydrogen-bond donors (Lipinski definition) is 1. The molecule has 1 aromatic rings. The molecule has 2 rings (SSSR count). The number of benzene rings is 1. The Balaban J connectivity index is 1.94. The van der Waals surface area contributed by atoms with Crippen LogP contribution in [0.3, 0.4) is 0 Å². The largest absolute Gasteiger partial charge is 0.381 e. The van der Waals surface area contributed by atoms with Crippen molar-refractivity contribution in [1.82, 2.24) is 0 Å². The Morgan fingerprint density at radius 2 is 2.13 bits per heavy atom. The lowest BCUT2D eigenvalue weighted by Gasteiger charge is -2.15. The SMILES string of the molecule is NC(CC1CCOC1)c1ccc(F)cc1. The van der Waals surface area contributed by atoms with Crippen molar-refractivity contribution in [2.24, 2.45) is 11.7 Å². The summed E-state index contributed by atoms with van der Waals surface area (Å²) in [6, 6.07) is 6.43. The van der Waals surface area contributed by atoms with Gasteiger partial charge in [0.1, 0.15) is 5.82 Å². The van der Waals surface area contributed by atoms with Crippen molar-refractivity contribution in [3.8, 4) is 0 Å². The topological polar surface area (TPSA) is 35.2 Å². The zero-order chi connectivity index (χ0) is 10.7. The average molecular weight is 209 g/mol. The third-order valence-corrected chi connectivity index (χ3v) is 2.91. The van der Waals surface area contributed by atoms with Crippen molar-refractivity contribution in [2.75, 3.05) is 13.2 Å². The van der Waals surface area contributed by atoms with Gasteiger partial charge in [0.2, 0.25) is 0 Å². The molecule has 0 amide bonds. The second-order valence-electron chi connectivity index (χ2n) is 4.12. The van der Waals surface area contributed by atoms with Crippen LogP contribution in [0.15, 0.2) is 24.3 Å². The molecular weight excluding hydrogens is 193 g/mol. The second kappa shape index (κ2) is 4.73. The molecule has 1 saturated heterocycles. The van der Waals surface area contributed by atoms with Crippen LogP contribution in [0.1, 0.15) is 24.4 Å². The first kappa shape index (κ1) is 10.6. The van der Waals surface area contributed by atoms with Gasteiger partial charge in [0.05, 0.1) is 0 Å². The van der Waals surface area contributed by atoms with E-state index < -0.39 is 0 Å². The van der Waals surface area contributed by atoms with E-state index in [4.69, 9.17) is 10.5 Å². The summed E-state index contributed by atoms with van der Waals surface area (Å²) in [6.07, 6.45) is 2.01. The van der Waals surface area contributed by atoms with Crippen molar-refractivity contribution >= 4 is 0 Å². The quantitative estimate of drug-likeness (QED) is 0.828. The Morgan fingerprint density at radius 1 is 1.40 bits per heavy atom. The summed E-state index contributed by atoms with van der Waals surface area (Å²) in [4.78, 5) is 0. The molecule has 1 aliphatic heterocycles. The van der Waals surface area contributed by atoms with Crippen molar-refractivity contribution in [1.29, 1.82) is 0 Å². The predicted molar refractivity (Wildman–Crippen MR) is 56.9 cm³/mol. The van der Waals surface area contributed by atoms with Gasteiger partial charge in [-0.1, -0.05) is 12.1 Å². The lowest BCUT2D eigenvalue weighted by molar-refractivity contribution is 0.182. The zero-order valence-electron chi connectivity index (χ0n) is 8.66. The summed E-state index contributed by atoms with van der Waals surface area (Å²) in [7, 11) is 0. The molecule has 1 aliphatic rings. The van der Waals surface area contributed by atoms with Gasteiger partial charge in [0, 0.05) is 19.3 Å². The molecule has 0 aliphatic carbocycles. The monoisotopic (exact) mass is 209 g/mol. The van der Waals surface area contributed by atoms with E-state index in [0.717, 1.165) is 31.6 Å². The van der Waals surface area contributed by atoms with E-state index in [0.29, 0.717) is 5.92 Å². The van der Waals surface area contributed by atoms with Gasteiger partial charge in [-0.15, -0.1) is 0 Å². The third kappa shape index (κ3) is 2.76. The molecule has 2 nitrogen and oxygen atoms in total. The number of nitrogens with two attached hydrogens (primary N) is 1. The molecule has 82 valence electrons. The molecule has 15 heavy (non-hydrogen) atoms. The lowest BCUT2D eigenvalue weighted by Crippen LogP contribution is -2.15. The van der Waals surface area contributed by atoms with E-state index in [1.165, 1.54) is 12.1 Å². The maximum absolute atomic E-state index is 12.7. The Bertz CT molecular complexity index is 306. The van der Waals surface area contributed by atoms with Crippen molar-refractivity contribution in [2.45, 2.75) is 18.9 Å². The number of halogens is 1. The molecule has 0 saturated carbocycles. The van der Waals surface area contributed by atoms with E-state index in [2.05, 4.69) is 0 Å². The molecule has 0 bridgehead atoms. The Labute approximate surface area is 89.2 Å². The molecule has 1 fully saturated rings. The van der Waals surface area contributed by atoms with Crippen molar-refractivity contribution in [3.05, 3.63) is 35.6 Å². The summed E-state index contributed by atoms with van der Waals surface area (Å²) in [6.45, 7) is 1.66. The van der Waals surface area contributed by atoms with Crippen LogP contribution in [0.5, 0.6) is 0 Å². The summed E-state index contributed by atoms with van der Waals surface area (Å²) in [5, 5.41) is 0. The predicted octanol–water partition coefficient (Wildman–Crippen LogP) is 2.25. The average Bonchev–Trinajstić information content (AvgIpc) is 2.71. The van der Waals surface area contributed by atoms with Gasteiger partial charge in [-0.3, -0.25) is 0 Å². The second-order valence-corrected chi connectivity index (χ2v) is 4.12. The Hall–Kier alpha value is -0.930. The first-order valence-electron chi connectivity index (χ1n) is 5.34. The van der Waals surface area contributed by atoms with Gasteiger partial charge in [0.25, 0.3) is 0 Å². The highest BCUT2D eigenvalue weighted by Gasteiger charge is 2.19. The zero-order valence-corrected chi connectivity index (χ0v) is 8.66. The van der Waals surface area contributed by atoms with E-state index in [1.54, 1.807) is 12.1 Å². The van der Waals surface area contributed by atoms with Gasteiger partial charge < -0.3 is 10.5 Å². The van der Waals surface area contributed by atoms with Gasteiger partial charge in [-0.05, 0) is 36.5 Å². The molecule has 0 radical (unpaired) electrons. The van der Waals surface area contributed by atoms with Crippen LogP contribution in [-0.4, -0.2) is 13.2 Å². The highest BCUT2D eigenvalue weighted by molar-refractivity contribution is 5.19. The fraction of sp³-hybridized carbons (Fsp3) is 0.500. The van der Waals surface area contributed by atoms with Crippen molar-refractivity contribution < 1.29 is 9.13 Å². The van der Waals surface area contributed by atoms with Gasteiger partial charge in [0.15, 0.2) is 0 Å². The summed E-state index contributed by atoms with van der Waals surface area (Å²) < 4.78 is 18.0. The Kier molecular flexibility index (Phi) is 3.34. The molecule has 1 heterocycles. The van der Waals surface area contributed by atoms with E-state index in [-0.39, 0.29) is 11.9 Å². The lowest BCUT2D eigenvalue weighted by atomic mass is 9.95. The van der Waals surface area contributed by atoms with E-state index in [9.17, 15) is 4.39 Å². The highest BCUT2D eigenvalue weighted by Crippen LogP contribution is 2.24. The minimum Gasteiger partial charge on any atom is -0.381 e. The standard InChI is InChI=1S/C12H16FNO/c13-11-3-1-10(2-4-11)12(14)7-9-5-6-15-8-9/h1-4,9,12H,5-8,14H2. The minimum absolute atomic E-state index is 0.00250. The summed E-state index contributed by atoms with van der Waals surface area (Å²) >= 11 is 0. The van der Waals surface area contributed by atoms with Crippen LogP contribution in [0, 0.1) is 11.7 Å². The van der Waals surface area contributed by atoms with Crippen LogP contribution >= 0.6 is 0 Å². The molecule has 0 spiro atoms. The molecule has 2 N–H and O–H groups in total. The minimum atomic E-state index is -0.213. The first-order chi connectivity index (χ1) is 7.25. The number of rotatable bonds is 3. The van der Waals surface area contributed by atoms with Gasteiger partial charge in [-0.2, -0.15) is 0 Å². The summed E-state index contributed by atoms with van der Waals surface area (Å²) in [5.41, 5.74) is 7.05. The smallest absolute Gasteiger partial charge is 0.123 e. The first-order valence-corrected chi connectivity index (χ1v) is 5.34. The van der Waals surface area contributed by atoms with E-state index >= 15 is 0 Å². The molecular formula is C12H16FNO. The molecule has 2 unspecified atom stereocenters. The molecule has 3 heteroatoms. The van der Waals surface area contributed by atoms with Crippen LogP contribution in [0.2, 0.25) is 0 Å². The molecule has 1 aromatic carbocycles. The normalized spacial score (nSPS) is 22.9. The van der Waals surface area contributed by atoms with Crippen molar-refractivity contribution in [3.63, 3.8) is 0 Å². The maximum Gasteiger partial charge on any atom is 0.123 e. The van der Waals surface area contributed by atoms with Gasteiger partial charge >= 0.3 is 0 Å². The maximum atomic E-state index is 12.7. The third-order valence-electron chi connectivity index (χ3n) is 2.91. The number of hydrogen-bond acceptors (Lipinski definition) is 2. The van der Waals surface area contributed by atoms with Crippen LogP contribution < -0.4 is 5.73 Å². The van der Waals surface area contributed by atoms with Gasteiger partial charge in [-0.25, -0.2) is 4.39 Å².